The first-order valence-electron chi connectivity index (χ1n) is 14.8. The van der Waals surface area contributed by atoms with Gasteiger partial charge in [0.25, 0.3) is 0 Å². The monoisotopic (exact) mass is 598 g/mol. The predicted molar refractivity (Wildman–Crippen MR) is 156 cm³/mol. The smallest absolute Gasteiger partial charge is 0.462 e. The Hall–Kier alpha value is -0.416. The van der Waals surface area contributed by atoms with E-state index in [-0.39, 0.29) is 12.6 Å². The highest BCUT2D eigenvalue weighted by molar-refractivity contribution is 6.61. The predicted octanol–water partition coefficient (Wildman–Crippen LogP) is 5.24. The Kier molecular flexibility index (Phi) is 22.0. The summed E-state index contributed by atoms with van der Waals surface area (Å²) < 4.78 is 53.3. The minimum absolute atomic E-state index is 0.128. The van der Waals surface area contributed by atoms with E-state index in [0.29, 0.717) is 84.4 Å². The molecule has 0 fully saturated rings. The van der Waals surface area contributed by atoms with Gasteiger partial charge in [-0.1, -0.05) is 6.92 Å². The van der Waals surface area contributed by atoms with Crippen LogP contribution in [0.25, 0.3) is 0 Å². The first kappa shape index (κ1) is 38.6. The second kappa shape index (κ2) is 22.2. The van der Waals surface area contributed by atoms with Crippen LogP contribution in [-0.4, -0.2) is 95.8 Å². The fraction of sp³-hybridized carbons (Fsp3) is 0.963. The Morgan fingerprint density at radius 1 is 0.641 bits per heavy atom. The minimum atomic E-state index is -2.74. The van der Waals surface area contributed by atoms with E-state index in [2.05, 4.69) is 0 Å². The SMILES string of the molecule is CCO[Si](CCCOCC(COC(=O)C(C)(C)CC)OCCC[Si](OCC)(OCC)OCC)(OCC)OCC. The molecule has 0 aromatic rings. The molecule has 0 bridgehead atoms. The quantitative estimate of drug-likeness (QED) is 0.0708. The number of carbonyl (C=O) groups excluding carboxylic acids is 1. The number of hydrogen-bond acceptors (Lipinski definition) is 10. The van der Waals surface area contributed by atoms with Crippen LogP contribution in [-0.2, 0) is 45.6 Å². The second-order valence-corrected chi connectivity index (χ2v) is 15.0. The van der Waals surface area contributed by atoms with Crippen molar-refractivity contribution in [3.63, 3.8) is 0 Å². The molecule has 0 aromatic carbocycles. The zero-order valence-electron chi connectivity index (χ0n) is 26.3. The van der Waals surface area contributed by atoms with Gasteiger partial charge in [0.05, 0.1) is 12.0 Å². The maximum absolute atomic E-state index is 12.5. The van der Waals surface area contributed by atoms with Gasteiger partial charge in [0.2, 0.25) is 0 Å². The van der Waals surface area contributed by atoms with Gasteiger partial charge in [-0.05, 0) is 74.7 Å². The third-order valence-corrected chi connectivity index (χ3v) is 12.4. The third kappa shape index (κ3) is 16.0. The van der Waals surface area contributed by atoms with Crippen LogP contribution in [0.4, 0.5) is 0 Å². The number of rotatable bonds is 27. The summed E-state index contributed by atoms with van der Waals surface area (Å²) in [5, 5.41) is 0. The molecule has 0 radical (unpaired) electrons. The molecule has 0 aliphatic carbocycles. The zero-order chi connectivity index (χ0) is 29.6. The molecule has 0 saturated heterocycles. The summed E-state index contributed by atoms with van der Waals surface area (Å²) in [6, 6.07) is 1.32. The van der Waals surface area contributed by atoms with Crippen LogP contribution in [0.3, 0.4) is 0 Å². The molecule has 10 nitrogen and oxygen atoms in total. The standard InChI is InChI=1S/C27H58O10Si2/c1-10-27(8,9)26(28)31-24-25(30-20-18-22-39(35-14-5,36-15-6)37-16-7)23-29-19-17-21-38(32-11-2,33-12-3)34-13-4/h25H,10-24H2,1-9H3. The van der Waals surface area contributed by atoms with Crippen molar-refractivity contribution in [1.82, 2.24) is 0 Å². The molecule has 0 heterocycles. The molecule has 1 unspecified atom stereocenters. The van der Waals surface area contributed by atoms with Gasteiger partial charge in [-0.2, -0.15) is 0 Å². The Morgan fingerprint density at radius 3 is 1.44 bits per heavy atom. The maximum atomic E-state index is 12.5. The molecular weight excluding hydrogens is 540 g/mol. The summed E-state index contributed by atoms with van der Waals surface area (Å²) in [7, 11) is -5.44. The van der Waals surface area contributed by atoms with Gasteiger partial charge >= 0.3 is 23.6 Å². The third-order valence-electron chi connectivity index (χ3n) is 6.08. The molecule has 234 valence electrons. The molecule has 1 atom stereocenters. The van der Waals surface area contributed by atoms with Crippen molar-refractivity contribution in [2.24, 2.45) is 5.41 Å². The summed E-state index contributed by atoms with van der Waals surface area (Å²) in [6.45, 7) is 22.0. The molecule has 39 heavy (non-hydrogen) atoms. The Labute approximate surface area is 240 Å². The van der Waals surface area contributed by atoms with Gasteiger partial charge in [-0.3, -0.25) is 4.79 Å². The van der Waals surface area contributed by atoms with Gasteiger partial charge in [-0.25, -0.2) is 0 Å². The van der Waals surface area contributed by atoms with Crippen LogP contribution in [0.5, 0.6) is 0 Å². The summed E-state index contributed by atoms with van der Waals surface area (Å²) in [5.41, 5.74) is -0.547. The van der Waals surface area contributed by atoms with E-state index in [1.807, 2.05) is 62.3 Å². The molecule has 0 N–H and O–H groups in total. The van der Waals surface area contributed by atoms with Crippen LogP contribution < -0.4 is 0 Å². The zero-order valence-corrected chi connectivity index (χ0v) is 28.3. The maximum Gasteiger partial charge on any atom is 0.501 e. The Bertz CT molecular complexity index is 575. The molecule has 0 aromatic heterocycles. The van der Waals surface area contributed by atoms with Gasteiger partial charge in [0.1, 0.15) is 12.7 Å². The molecular formula is C27H58O10Si2. The lowest BCUT2D eigenvalue weighted by Crippen LogP contribution is -2.46. The van der Waals surface area contributed by atoms with Crippen LogP contribution in [0.15, 0.2) is 0 Å². The molecule has 0 spiro atoms. The van der Waals surface area contributed by atoms with Crippen molar-refractivity contribution in [3.8, 4) is 0 Å². The van der Waals surface area contributed by atoms with Crippen molar-refractivity contribution < 1.29 is 45.6 Å². The highest BCUT2D eigenvalue weighted by Crippen LogP contribution is 2.22. The molecule has 0 saturated carbocycles. The number of carbonyl (C=O) groups is 1. The van der Waals surface area contributed by atoms with E-state index >= 15 is 0 Å². The number of ether oxygens (including phenoxy) is 3. The van der Waals surface area contributed by atoms with E-state index in [1.54, 1.807) is 0 Å². The normalized spacial score (nSPS) is 13.6. The molecule has 12 heteroatoms. The van der Waals surface area contributed by atoms with Crippen molar-refractivity contribution in [2.45, 2.75) is 99.8 Å². The highest BCUT2D eigenvalue weighted by Gasteiger charge is 2.40. The fourth-order valence-electron chi connectivity index (χ4n) is 3.80. The minimum Gasteiger partial charge on any atom is -0.462 e. The Morgan fingerprint density at radius 2 is 1.05 bits per heavy atom. The lowest BCUT2D eigenvalue weighted by atomic mass is 9.91. The number of hydrogen-bond donors (Lipinski definition) is 0. The van der Waals surface area contributed by atoms with Crippen molar-refractivity contribution in [1.29, 1.82) is 0 Å². The lowest BCUT2D eigenvalue weighted by Gasteiger charge is -2.29. The summed E-state index contributed by atoms with van der Waals surface area (Å²) in [4.78, 5) is 12.5. The first-order valence-corrected chi connectivity index (χ1v) is 18.7. The molecule has 0 rings (SSSR count). The van der Waals surface area contributed by atoms with E-state index < -0.39 is 29.1 Å². The average molecular weight is 599 g/mol. The van der Waals surface area contributed by atoms with E-state index in [1.165, 1.54) is 0 Å². The summed E-state index contributed by atoms with van der Waals surface area (Å²) in [5.74, 6) is -0.241. The van der Waals surface area contributed by atoms with Gasteiger partial charge in [0, 0.05) is 64.9 Å². The Balaban J connectivity index is 5.02. The molecule has 0 aliphatic heterocycles. The van der Waals surface area contributed by atoms with E-state index in [0.717, 1.165) is 6.42 Å². The molecule has 0 amide bonds. The first-order chi connectivity index (χ1) is 18.6. The summed E-state index contributed by atoms with van der Waals surface area (Å²) in [6.07, 6.45) is 1.73. The topological polar surface area (TPSA) is 100 Å². The van der Waals surface area contributed by atoms with Crippen LogP contribution in [0.2, 0.25) is 12.1 Å². The molecule has 0 aliphatic rings. The van der Waals surface area contributed by atoms with Gasteiger partial charge in [-0.15, -0.1) is 0 Å². The van der Waals surface area contributed by atoms with Crippen LogP contribution in [0, 0.1) is 5.41 Å². The second-order valence-electron chi connectivity index (χ2n) is 9.57. The largest absolute Gasteiger partial charge is 0.501 e. The van der Waals surface area contributed by atoms with E-state index in [9.17, 15) is 4.79 Å². The van der Waals surface area contributed by atoms with Crippen molar-refractivity contribution in [3.05, 3.63) is 0 Å². The van der Waals surface area contributed by atoms with Crippen molar-refractivity contribution >= 4 is 23.6 Å². The van der Waals surface area contributed by atoms with Crippen molar-refractivity contribution in [2.75, 3.05) is 66.1 Å². The number of esters is 1. The highest BCUT2D eigenvalue weighted by atomic mass is 28.4. The summed E-state index contributed by atoms with van der Waals surface area (Å²) >= 11 is 0. The lowest BCUT2D eigenvalue weighted by molar-refractivity contribution is -0.160. The van der Waals surface area contributed by atoms with Gasteiger partial charge < -0.3 is 40.8 Å². The fourth-order valence-corrected chi connectivity index (χ4v) is 8.96. The van der Waals surface area contributed by atoms with Crippen LogP contribution >= 0.6 is 0 Å². The van der Waals surface area contributed by atoms with Gasteiger partial charge in [0.15, 0.2) is 0 Å². The van der Waals surface area contributed by atoms with E-state index in [4.69, 9.17) is 40.8 Å². The van der Waals surface area contributed by atoms with Crippen LogP contribution in [0.1, 0.15) is 81.6 Å². The average Bonchev–Trinajstić information content (AvgIpc) is 2.89.